The summed E-state index contributed by atoms with van der Waals surface area (Å²) in [5, 5.41) is 5.19. The lowest BCUT2D eigenvalue weighted by atomic mass is 10.6. The minimum Gasteiger partial charge on any atom is -0.447 e. The lowest BCUT2D eigenvalue weighted by molar-refractivity contribution is -0.118. The standard InChI is InChI=1S/C9H9ClN4O3/c1-14-3-6(15)11-8(14)13-9(16)12-7-2-5(10)4-17-7/h2,4H,3H2,1H3,(H2,11,12,13,15,16). The van der Waals surface area contributed by atoms with Gasteiger partial charge in [-0.05, 0) is 0 Å². The van der Waals surface area contributed by atoms with E-state index in [2.05, 4.69) is 15.6 Å². The fraction of sp³-hybridized carbons (Fsp3) is 0.222. The van der Waals surface area contributed by atoms with Gasteiger partial charge in [-0.1, -0.05) is 11.6 Å². The Kier molecular flexibility index (Phi) is 3.01. The molecule has 0 saturated carbocycles. The molecule has 1 fully saturated rings. The molecule has 0 unspecified atom stereocenters. The zero-order valence-electron chi connectivity index (χ0n) is 8.86. The Morgan fingerprint density at radius 1 is 1.71 bits per heavy atom. The summed E-state index contributed by atoms with van der Waals surface area (Å²) in [5.41, 5.74) is 0. The van der Waals surface area contributed by atoms with E-state index in [-0.39, 0.29) is 24.3 Å². The average molecular weight is 257 g/mol. The summed E-state index contributed by atoms with van der Waals surface area (Å²) in [6.07, 6.45) is 1.29. The second-order valence-electron chi connectivity index (χ2n) is 3.40. The fourth-order valence-corrected chi connectivity index (χ4v) is 1.42. The highest BCUT2D eigenvalue weighted by Crippen LogP contribution is 2.17. The van der Waals surface area contributed by atoms with Crippen LogP contribution >= 0.6 is 11.6 Å². The van der Waals surface area contributed by atoms with E-state index in [0.717, 1.165) is 0 Å². The molecule has 8 heteroatoms. The van der Waals surface area contributed by atoms with Gasteiger partial charge in [0.05, 0.1) is 11.6 Å². The SMILES string of the molecule is CN1CC(=O)N/C1=N/C(=O)Nc1cc(Cl)co1. The van der Waals surface area contributed by atoms with Crippen LogP contribution in [-0.2, 0) is 4.79 Å². The molecule has 1 saturated heterocycles. The molecule has 0 spiro atoms. The third kappa shape index (κ3) is 2.76. The number of halogens is 1. The van der Waals surface area contributed by atoms with Crippen molar-refractivity contribution in [2.75, 3.05) is 18.9 Å². The monoisotopic (exact) mass is 256 g/mol. The molecule has 0 aromatic carbocycles. The highest BCUT2D eigenvalue weighted by atomic mass is 35.5. The predicted molar refractivity (Wildman–Crippen MR) is 60.9 cm³/mol. The molecule has 1 aliphatic rings. The van der Waals surface area contributed by atoms with Gasteiger partial charge in [-0.15, -0.1) is 0 Å². The van der Waals surface area contributed by atoms with Gasteiger partial charge in [0, 0.05) is 13.1 Å². The van der Waals surface area contributed by atoms with Crippen molar-refractivity contribution < 1.29 is 14.0 Å². The Balaban J connectivity index is 2.02. The Morgan fingerprint density at radius 3 is 3.00 bits per heavy atom. The van der Waals surface area contributed by atoms with E-state index in [9.17, 15) is 9.59 Å². The van der Waals surface area contributed by atoms with Crippen molar-refractivity contribution in [2.45, 2.75) is 0 Å². The number of anilines is 1. The number of hydrogen-bond donors (Lipinski definition) is 2. The van der Waals surface area contributed by atoms with E-state index in [1.807, 2.05) is 0 Å². The van der Waals surface area contributed by atoms with Crippen molar-refractivity contribution in [1.82, 2.24) is 10.2 Å². The van der Waals surface area contributed by atoms with Crippen LogP contribution in [0.1, 0.15) is 0 Å². The van der Waals surface area contributed by atoms with Crippen LogP contribution in [0.15, 0.2) is 21.7 Å². The molecule has 0 bridgehead atoms. The van der Waals surface area contributed by atoms with E-state index in [0.29, 0.717) is 5.02 Å². The third-order valence-electron chi connectivity index (χ3n) is 2.00. The van der Waals surface area contributed by atoms with Gasteiger partial charge < -0.3 is 9.32 Å². The molecule has 0 atom stereocenters. The minimum atomic E-state index is -0.653. The van der Waals surface area contributed by atoms with Gasteiger partial charge in [-0.3, -0.25) is 15.4 Å². The van der Waals surface area contributed by atoms with Crippen molar-refractivity contribution in [3.63, 3.8) is 0 Å². The third-order valence-corrected chi connectivity index (χ3v) is 2.20. The maximum absolute atomic E-state index is 11.5. The number of furan rings is 1. The van der Waals surface area contributed by atoms with Crippen LogP contribution in [0.4, 0.5) is 10.7 Å². The number of rotatable bonds is 1. The molecule has 2 heterocycles. The average Bonchev–Trinajstić information content (AvgIpc) is 2.74. The second kappa shape index (κ2) is 4.46. The van der Waals surface area contributed by atoms with Gasteiger partial charge in [0.25, 0.3) is 0 Å². The number of likely N-dealkylation sites (N-methyl/N-ethyl adjacent to an activating group) is 1. The molecule has 0 aliphatic carbocycles. The van der Waals surface area contributed by atoms with Gasteiger partial charge >= 0.3 is 6.03 Å². The van der Waals surface area contributed by atoms with Gasteiger partial charge in [0.2, 0.25) is 17.8 Å². The molecule has 1 aromatic rings. The van der Waals surface area contributed by atoms with Crippen LogP contribution in [0, 0.1) is 0 Å². The second-order valence-corrected chi connectivity index (χ2v) is 3.84. The van der Waals surface area contributed by atoms with Crippen LogP contribution in [0.3, 0.4) is 0 Å². The quantitative estimate of drug-likeness (QED) is 0.781. The summed E-state index contributed by atoms with van der Waals surface area (Å²) >= 11 is 5.61. The number of carbonyl (C=O) groups is 2. The van der Waals surface area contributed by atoms with Crippen molar-refractivity contribution in [3.8, 4) is 0 Å². The number of guanidine groups is 1. The van der Waals surface area contributed by atoms with E-state index >= 15 is 0 Å². The molecule has 2 rings (SSSR count). The molecule has 7 nitrogen and oxygen atoms in total. The molecular weight excluding hydrogens is 248 g/mol. The lowest BCUT2D eigenvalue weighted by Crippen LogP contribution is -2.29. The summed E-state index contributed by atoms with van der Waals surface area (Å²) in [5.74, 6) is 0.182. The molecule has 2 N–H and O–H groups in total. The van der Waals surface area contributed by atoms with Crippen LogP contribution in [-0.4, -0.2) is 36.4 Å². The maximum Gasteiger partial charge on any atom is 0.350 e. The number of carbonyl (C=O) groups excluding carboxylic acids is 2. The number of aliphatic imine (C=N–C) groups is 1. The minimum absolute atomic E-state index is 0.179. The van der Waals surface area contributed by atoms with E-state index in [1.54, 1.807) is 7.05 Å². The lowest BCUT2D eigenvalue weighted by Gasteiger charge is -2.07. The normalized spacial score (nSPS) is 17.4. The first-order valence-corrected chi connectivity index (χ1v) is 5.07. The highest BCUT2D eigenvalue weighted by Gasteiger charge is 2.22. The first-order valence-electron chi connectivity index (χ1n) is 4.69. The summed E-state index contributed by atoms with van der Waals surface area (Å²) < 4.78 is 4.91. The maximum atomic E-state index is 11.5. The number of nitrogens with one attached hydrogen (secondary N) is 2. The number of nitrogens with zero attached hydrogens (tertiary/aromatic N) is 2. The summed E-state index contributed by atoms with van der Waals surface area (Å²) in [6.45, 7) is 0.179. The Morgan fingerprint density at radius 2 is 2.47 bits per heavy atom. The van der Waals surface area contributed by atoms with E-state index in [1.165, 1.54) is 17.2 Å². The topological polar surface area (TPSA) is 86.9 Å². The summed E-state index contributed by atoms with van der Waals surface area (Å²) in [6, 6.07) is 0.788. The zero-order valence-corrected chi connectivity index (χ0v) is 9.61. The number of hydrogen-bond acceptors (Lipinski definition) is 3. The number of amides is 3. The van der Waals surface area contributed by atoms with Crippen molar-refractivity contribution in [2.24, 2.45) is 4.99 Å². The van der Waals surface area contributed by atoms with E-state index in [4.69, 9.17) is 16.0 Å². The predicted octanol–water partition coefficient (Wildman–Crippen LogP) is 0.883. The van der Waals surface area contributed by atoms with Gasteiger partial charge in [-0.2, -0.15) is 4.99 Å². The van der Waals surface area contributed by atoms with Crippen LogP contribution in [0.5, 0.6) is 0 Å². The molecule has 90 valence electrons. The van der Waals surface area contributed by atoms with Crippen LogP contribution in [0.25, 0.3) is 0 Å². The highest BCUT2D eigenvalue weighted by molar-refractivity contribution is 6.30. The summed E-state index contributed by atoms with van der Waals surface area (Å²) in [7, 11) is 1.65. The van der Waals surface area contributed by atoms with Gasteiger partial charge in [0.15, 0.2) is 0 Å². The van der Waals surface area contributed by atoms with Gasteiger partial charge in [-0.25, -0.2) is 4.79 Å². The Labute approximate surface area is 101 Å². The van der Waals surface area contributed by atoms with Crippen LogP contribution in [0.2, 0.25) is 5.02 Å². The largest absolute Gasteiger partial charge is 0.447 e. The molecule has 1 aromatic heterocycles. The van der Waals surface area contributed by atoms with Crippen LogP contribution < -0.4 is 10.6 Å². The first kappa shape index (κ1) is 11.5. The fourth-order valence-electron chi connectivity index (χ4n) is 1.27. The van der Waals surface area contributed by atoms with E-state index < -0.39 is 6.03 Å². The molecular formula is C9H9ClN4O3. The van der Waals surface area contributed by atoms with Crippen molar-refractivity contribution in [1.29, 1.82) is 0 Å². The molecule has 17 heavy (non-hydrogen) atoms. The number of urea groups is 1. The smallest absolute Gasteiger partial charge is 0.350 e. The van der Waals surface area contributed by atoms with Crippen molar-refractivity contribution in [3.05, 3.63) is 17.4 Å². The Hall–Kier alpha value is -2.02. The van der Waals surface area contributed by atoms with Gasteiger partial charge in [0.1, 0.15) is 6.26 Å². The Bertz CT molecular complexity index is 496. The molecule has 1 aliphatic heterocycles. The van der Waals surface area contributed by atoms with Crippen molar-refractivity contribution >= 4 is 35.4 Å². The zero-order chi connectivity index (χ0) is 12.4. The molecule has 3 amide bonds. The summed E-state index contributed by atoms with van der Waals surface area (Å²) in [4.78, 5) is 27.7. The molecule has 0 radical (unpaired) electrons. The first-order chi connectivity index (χ1) is 8.04.